The number of anilines is 2. The molecule has 0 spiro atoms. The van der Waals surface area contributed by atoms with Gasteiger partial charge in [0.05, 0.1) is 6.61 Å². The summed E-state index contributed by atoms with van der Waals surface area (Å²) in [5.74, 6) is -0.234. The summed E-state index contributed by atoms with van der Waals surface area (Å²) in [6.45, 7) is 2.67. The van der Waals surface area contributed by atoms with E-state index < -0.39 is 0 Å². The molecule has 0 saturated heterocycles. The second-order valence-corrected chi connectivity index (χ2v) is 4.78. The van der Waals surface area contributed by atoms with Crippen molar-refractivity contribution in [2.24, 2.45) is 0 Å². The minimum atomic E-state index is -0.234. The first-order valence-corrected chi connectivity index (χ1v) is 6.91. The molecular formula is C15H20N4O2. The molecule has 6 nitrogen and oxygen atoms in total. The summed E-state index contributed by atoms with van der Waals surface area (Å²) < 4.78 is 0. The van der Waals surface area contributed by atoms with Crippen LogP contribution in [-0.2, 0) is 6.42 Å². The molecule has 0 saturated carbocycles. The molecule has 0 unspecified atom stereocenters. The summed E-state index contributed by atoms with van der Waals surface area (Å²) in [7, 11) is 1.90. The topological polar surface area (TPSA) is 81.2 Å². The zero-order valence-corrected chi connectivity index (χ0v) is 12.3. The van der Waals surface area contributed by atoms with Gasteiger partial charge in [0.2, 0.25) is 0 Å². The SMILES string of the molecule is CCc1cc(C(=O)Nc2ccc(N(C)CCO)cc2)n[nH]1. The number of hydrogen-bond acceptors (Lipinski definition) is 4. The number of aliphatic hydroxyl groups excluding tert-OH is 1. The van der Waals surface area contributed by atoms with Gasteiger partial charge in [-0.3, -0.25) is 9.89 Å². The van der Waals surface area contributed by atoms with E-state index in [1.807, 2.05) is 43.1 Å². The van der Waals surface area contributed by atoms with Crippen molar-refractivity contribution in [1.29, 1.82) is 0 Å². The van der Waals surface area contributed by atoms with Crippen LogP contribution in [0.15, 0.2) is 30.3 Å². The Balaban J connectivity index is 2.01. The lowest BCUT2D eigenvalue weighted by Gasteiger charge is -2.18. The smallest absolute Gasteiger partial charge is 0.276 e. The second kappa shape index (κ2) is 6.90. The van der Waals surface area contributed by atoms with Gasteiger partial charge in [-0.2, -0.15) is 5.10 Å². The Morgan fingerprint density at radius 1 is 1.38 bits per heavy atom. The van der Waals surface area contributed by atoms with E-state index in [9.17, 15) is 4.79 Å². The molecule has 0 bridgehead atoms. The number of nitrogens with one attached hydrogen (secondary N) is 2. The van der Waals surface area contributed by atoms with Gasteiger partial charge in [0.1, 0.15) is 0 Å². The van der Waals surface area contributed by atoms with Gasteiger partial charge in [0.15, 0.2) is 5.69 Å². The summed E-state index contributed by atoms with van der Waals surface area (Å²) in [4.78, 5) is 14.0. The number of benzene rings is 1. The molecular weight excluding hydrogens is 268 g/mol. The molecule has 1 heterocycles. The molecule has 21 heavy (non-hydrogen) atoms. The number of aliphatic hydroxyl groups is 1. The number of amides is 1. The van der Waals surface area contributed by atoms with E-state index in [0.717, 1.165) is 17.8 Å². The molecule has 0 radical (unpaired) electrons. The molecule has 2 aromatic rings. The van der Waals surface area contributed by atoms with E-state index in [1.54, 1.807) is 6.07 Å². The summed E-state index contributed by atoms with van der Waals surface area (Å²) in [5.41, 5.74) is 3.01. The quantitative estimate of drug-likeness (QED) is 0.755. The molecule has 0 atom stereocenters. The van der Waals surface area contributed by atoms with Gasteiger partial charge in [-0.15, -0.1) is 0 Å². The Bertz CT molecular complexity index is 592. The predicted octanol–water partition coefficient (Wildman–Crippen LogP) is 1.65. The van der Waals surface area contributed by atoms with Gasteiger partial charge >= 0.3 is 0 Å². The monoisotopic (exact) mass is 288 g/mol. The van der Waals surface area contributed by atoms with Crippen LogP contribution in [0.3, 0.4) is 0 Å². The average Bonchev–Trinajstić information content (AvgIpc) is 2.97. The molecule has 1 aromatic carbocycles. The molecule has 0 aliphatic heterocycles. The standard InChI is InChI=1S/C15H20N4O2/c1-3-11-10-14(18-17-11)15(21)16-12-4-6-13(7-5-12)19(2)8-9-20/h4-7,10,20H,3,8-9H2,1-2H3,(H,16,21)(H,17,18). The number of H-pyrrole nitrogens is 1. The van der Waals surface area contributed by atoms with E-state index in [1.165, 1.54) is 0 Å². The summed E-state index contributed by atoms with van der Waals surface area (Å²) in [6.07, 6.45) is 0.812. The van der Waals surface area contributed by atoms with Gasteiger partial charge in [-0.25, -0.2) is 0 Å². The fourth-order valence-corrected chi connectivity index (χ4v) is 1.93. The third-order valence-corrected chi connectivity index (χ3v) is 3.25. The fraction of sp³-hybridized carbons (Fsp3) is 0.333. The third kappa shape index (κ3) is 3.82. The number of aromatic nitrogens is 2. The number of carbonyl (C=O) groups is 1. The summed E-state index contributed by atoms with van der Waals surface area (Å²) in [6, 6.07) is 9.20. The molecule has 1 amide bonds. The number of rotatable bonds is 6. The Labute approximate surface area is 123 Å². The first-order valence-electron chi connectivity index (χ1n) is 6.91. The predicted molar refractivity (Wildman–Crippen MR) is 82.7 cm³/mol. The summed E-state index contributed by atoms with van der Waals surface area (Å²) >= 11 is 0. The Morgan fingerprint density at radius 3 is 2.67 bits per heavy atom. The van der Waals surface area contributed by atoms with Gasteiger partial charge in [0, 0.05) is 30.7 Å². The van der Waals surface area contributed by atoms with Crippen molar-refractivity contribution >= 4 is 17.3 Å². The van der Waals surface area contributed by atoms with E-state index >= 15 is 0 Å². The molecule has 3 N–H and O–H groups in total. The van der Waals surface area contributed by atoms with Crippen molar-refractivity contribution in [2.45, 2.75) is 13.3 Å². The van der Waals surface area contributed by atoms with Gasteiger partial charge in [-0.1, -0.05) is 6.92 Å². The lowest BCUT2D eigenvalue weighted by molar-refractivity contribution is 0.102. The van der Waals surface area contributed by atoms with Crippen molar-refractivity contribution in [3.63, 3.8) is 0 Å². The van der Waals surface area contributed by atoms with Crippen molar-refractivity contribution in [3.8, 4) is 0 Å². The lowest BCUT2D eigenvalue weighted by Crippen LogP contribution is -2.21. The highest BCUT2D eigenvalue weighted by Crippen LogP contribution is 2.17. The Morgan fingerprint density at radius 2 is 2.10 bits per heavy atom. The highest BCUT2D eigenvalue weighted by molar-refractivity contribution is 6.02. The molecule has 6 heteroatoms. The first kappa shape index (κ1) is 15.1. The van der Waals surface area contributed by atoms with Crippen LogP contribution in [0.2, 0.25) is 0 Å². The van der Waals surface area contributed by atoms with Crippen molar-refractivity contribution in [3.05, 3.63) is 41.7 Å². The van der Waals surface area contributed by atoms with Crippen LogP contribution in [0.4, 0.5) is 11.4 Å². The van der Waals surface area contributed by atoms with Crippen LogP contribution < -0.4 is 10.2 Å². The maximum Gasteiger partial charge on any atom is 0.276 e. The van der Waals surface area contributed by atoms with E-state index in [0.29, 0.717) is 17.9 Å². The second-order valence-electron chi connectivity index (χ2n) is 4.78. The number of hydrogen-bond donors (Lipinski definition) is 3. The van der Waals surface area contributed by atoms with E-state index in [-0.39, 0.29) is 12.5 Å². The molecule has 1 aromatic heterocycles. The first-order chi connectivity index (χ1) is 10.1. The third-order valence-electron chi connectivity index (χ3n) is 3.25. The van der Waals surface area contributed by atoms with Crippen LogP contribution in [-0.4, -0.2) is 41.4 Å². The lowest BCUT2D eigenvalue weighted by atomic mass is 10.2. The minimum absolute atomic E-state index is 0.105. The average molecular weight is 288 g/mol. The molecule has 2 rings (SSSR count). The van der Waals surface area contributed by atoms with E-state index in [4.69, 9.17) is 5.11 Å². The number of aryl methyl sites for hydroxylation is 1. The summed E-state index contributed by atoms with van der Waals surface area (Å²) in [5, 5.41) is 18.5. The van der Waals surface area contributed by atoms with Crippen molar-refractivity contribution in [1.82, 2.24) is 10.2 Å². The van der Waals surface area contributed by atoms with Crippen LogP contribution in [0.5, 0.6) is 0 Å². The minimum Gasteiger partial charge on any atom is -0.395 e. The van der Waals surface area contributed by atoms with Crippen LogP contribution in [0.25, 0.3) is 0 Å². The highest BCUT2D eigenvalue weighted by Gasteiger charge is 2.10. The van der Waals surface area contributed by atoms with Gasteiger partial charge < -0.3 is 15.3 Å². The van der Waals surface area contributed by atoms with Crippen LogP contribution in [0.1, 0.15) is 23.1 Å². The van der Waals surface area contributed by atoms with Gasteiger partial charge in [0.25, 0.3) is 5.91 Å². The number of carbonyl (C=O) groups excluding carboxylic acids is 1. The maximum atomic E-state index is 12.0. The number of aromatic amines is 1. The largest absolute Gasteiger partial charge is 0.395 e. The fourth-order valence-electron chi connectivity index (χ4n) is 1.93. The molecule has 112 valence electrons. The van der Waals surface area contributed by atoms with Crippen LogP contribution >= 0.6 is 0 Å². The van der Waals surface area contributed by atoms with Crippen molar-refractivity contribution < 1.29 is 9.90 Å². The molecule has 0 aliphatic carbocycles. The molecule has 0 fully saturated rings. The Kier molecular flexibility index (Phi) is 4.94. The number of likely N-dealkylation sites (N-methyl/N-ethyl adjacent to an activating group) is 1. The maximum absolute atomic E-state index is 12.0. The number of nitrogens with zero attached hydrogens (tertiary/aromatic N) is 2. The normalized spacial score (nSPS) is 10.4. The van der Waals surface area contributed by atoms with E-state index in [2.05, 4.69) is 15.5 Å². The highest BCUT2D eigenvalue weighted by atomic mass is 16.3. The zero-order valence-electron chi connectivity index (χ0n) is 12.3. The van der Waals surface area contributed by atoms with Crippen LogP contribution in [0, 0.1) is 0 Å². The van der Waals surface area contributed by atoms with Crippen molar-refractivity contribution in [2.75, 3.05) is 30.4 Å². The van der Waals surface area contributed by atoms with Gasteiger partial charge in [-0.05, 0) is 36.8 Å². The molecule has 0 aliphatic rings. The Hall–Kier alpha value is -2.34. The zero-order chi connectivity index (χ0) is 15.2.